The molecule has 142 valence electrons. The Bertz CT molecular complexity index is 649. The highest BCUT2D eigenvalue weighted by Crippen LogP contribution is 2.05. The molecule has 0 aliphatic rings. The van der Waals surface area contributed by atoms with Gasteiger partial charge in [-0.2, -0.15) is 0 Å². The minimum atomic E-state index is -1.21. The summed E-state index contributed by atoms with van der Waals surface area (Å²) in [6.45, 7) is 1.31. The predicted molar refractivity (Wildman–Crippen MR) is 92.2 cm³/mol. The van der Waals surface area contributed by atoms with Crippen LogP contribution in [-0.4, -0.2) is 52.1 Å². The summed E-state index contributed by atoms with van der Waals surface area (Å²) in [7, 11) is 0. The van der Waals surface area contributed by atoms with E-state index in [1.165, 1.54) is 6.92 Å². The highest BCUT2D eigenvalue weighted by Gasteiger charge is 2.26. The van der Waals surface area contributed by atoms with Gasteiger partial charge in [-0.3, -0.25) is 19.2 Å². The Hall–Kier alpha value is -2.94. The molecular weight excluding hydrogens is 342 g/mol. The van der Waals surface area contributed by atoms with E-state index in [4.69, 9.17) is 15.9 Å². The molecule has 9 nitrogen and oxygen atoms in total. The number of aliphatic carboxylic acids is 2. The van der Waals surface area contributed by atoms with Gasteiger partial charge in [-0.1, -0.05) is 30.3 Å². The maximum atomic E-state index is 12.4. The summed E-state index contributed by atoms with van der Waals surface area (Å²) in [5.74, 6) is -3.63. The summed E-state index contributed by atoms with van der Waals surface area (Å²) < 4.78 is 0. The van der Waals surface area contributed by atoms with Gasteiger partial charge < -0.3 is 26.6 Å². The summed E-state index contributed by atoms with van der Waals surface area (Å²) >= 11 is 0. The summed E-state index contributed by atoms with van der Waals surface area (Å²) in [5, 5.41) is 22.3. The Balaban J connectivity index is 2.82. The third-order valence-corrected chi connectivity index (χ3v) is 3.65. The molecule has 2 amide bonds. The van der Waals surface area contributed by atoms with Crippen molar-refractivity contribution in [2.45, 2.75) is 44.3 Å². The minimum Gasteiger partial charge on any atom is -0.481 e. The third-order valence-electron chi connectivity index (χ3n) is 3.65. The number of hydrogen-bond donors (Lipinski definition) is 5. The van der Waals surface area contributed by atoms with Crippen LogP contribution in [0.3, 0.4) is 0 Å². The number of benzene rings is 1. The number of rotatable bonds is 10. The molecule has 1 aromatic carbocycles. The standard InChI is InChI=1S/C17H23N3O6/c1-10(17(25)26)19-16(24)13(9-11-5-3-2-4-6-11)20-15(23)12(18)7-8-14(21)22/h2-6,10,12-13H,7-9,18H2,1H3,(H,19,24)(H,20,23)(H,21,22)(H,25,26)/t10-,12-,13-/m0/s1. The van der Waals surface area contributed by atoms with Gasteiger partial charge in [0.1, 0.15) is 12.1 Å². The second-order valence-electron chi connectivity index (χ2n) is 5.86. The van der Waals surface area contributed by atoms with Crippen LogP contribution < -0.4 is 16.4 Å². The number of carbonyl (C=O) groups is 4. The van der Waals surface area contributed by atoms with Gasteiger partial charge in [0, 0.05) is 12.8 Å². The van der Waals surface area contributed by atoms with Crippen LogP contribution >= 0.6 is 0 Å². The van der Waals surface area contributed by atoms with Crippen molar-refractivity contribution >= 4 is 23.8 Å². The smallest absolute Gasteiger partial charge is 0.325 e. The van der Waals surface area contributed by atoms with Crippen LogP contribution in [0.4, 0.5) is 0 Å². The van der Waals surface area contributed by atoms with Gasteiger partial charge in [-0.15, -0.1) is 0 Å². The van der Waals surface area contributed by atoms with Gasteiger partial charge in [0.15, 0.2) is 0 Å². The van der Waals surface area contributed by atoms with E-state index in [0.29, 0.717) is 0 Å². The van der Waals surface area contributed by atoms with E-state index in [2.05, 4.69) is 10.6 Å². The maximum absolute atomic E-state index is 12.4. The number of nitrogens with two attached hydrogens (primary N) is 1. The molecule has 0 aromatic heterocycles. The Labute approximate surface area is 150 Å². The topological polar surface area (TPSA) is 159 Å². The molecule has 1 rings (SSSR count). The van der Waals surface area contributed by atoms with Crippen LogP contribution in [0.15, 0.2) is 30.3 Å². The van der Waals surface area contributed by atoms with E-state index in [1.807, 2.05) is 0 Å². The quantitative estimate of drug-likeness (QED) is 0.373. The first-order chi connectivity index (χ1) is 12.2. The van der Waals surface area contributed by atoms with E-state index in [-0.39, 0.29) is 19.3 Å². The summed E-state index contributed by atoms with van der Waals surface area (Å²) in [6, 6.07) is 5.60. The Morgan fingerprint density at radius 2 is 1.65 bits per heavy atom. The molecule has 0 heterocycles. The fourth-order valence-electron chi connectivity index (χ4n) is 2.12. The van der Waals surface area contributed by atoms with Crippen molar-refractivity contribution in [2.75, 3.05) is 0 Å². The van der Waals surface area contributed by atoms with Crippen molar-refractivity contribution in [3.8, 4) is 0 Å². The number of carboxylic acid groups (broad SMARTS) is 2. The van der Waals surface area contributed by atoms with E-state index >= 15 is 0 Å². The summed E-state index contributed by atoms with van der Waals surface area (Å²) in [4.78, 5) is 46.0. The molecule has 0 saturated heterocycles. The van der Waals surface area contributed by atoms with Crippen LogP contribution in [0.2, 0.25) is 0 Å². The van der Waals surface area contributed by atoms with E-state index in [1.54, 1.807) is 30.3 Å². The molecule has 0 fully saturated rings. The first-order valence-corrected chi connectivity index (χ1v) is 8.05. The SMILES string of the molecule is C[C@H](NC(=O)[C@H](Cc1ccccc1)NC(=O)[C@@H](N)CCC(=O)O)C(=O)O. The fraction of sp³-hybridized carbons (Fsp3) is 0.412. The maximum Gasteiger partial charge on any atom is 0.325 e. The molecular formula is C17H23N3O6. The molecule has 0 spiro atoms. The Kier molecular flexibility index (Phi) is 8.23. The lowest BCUT2D eigenvalue weighted by molar-refractivity contribution is -0.141. The van der Waals surface area contributed by atoms with Crippen LogP contribution in [0.25, 0.3) is 0 Å². The predicted octanol–water partition coefficient (Wildman–Crippen LogP) is -0.505. The van der Waals surface area contributed by atoms with Crippen molar-refractivity contribution < 1.29 is 29.4 Å². The normalized spacial score (nSPS) is 13.9. The number of nitrogens with one attached hydrogen (secondary N) is 2. The minimum absolute atomic E-state index is 0.0770. The zero-order chi connectivity index (χ0) is 19.7. The largest absolute Gasteiger partial charge is 0.481 e. The molecule has 0 aliphatic carbocycles. The van der Waals surface area contributed by atoms with Gasteiger partial charge in [-0.05, 0) is 18.9 Å². The van der Waals surface area contributed by atoms with E-state index in [9.17, 15) is 19.2 Å². The average molecular weight is 365 g/mol. The molecule has 0 aliphatic heterocycles. The van der Waals surface area contributed by atoms with Crippen molar-refractivity contribution in [3.63, 3.8) is 0 Å². The molecule has 26 heavy (non-hydrogen) atoms. The van der Waals surface area contributed by atoms with Crippen molar-refractivity contribution in [2.24, 2.45) is 5.73 Å². The lowest BCUT2D eigenvalue weighted by Gasteiger charge is -2.22. The Morgan fingerprint density at radius 3 is 2.19 bits per heavy atom. The number of carbonyl (C=O) groups excluding carboxylic acids is 2. The monoisotopic (exact) mass is 365 g/mol. The summed E-state index contributed by atoms with van der Waals surface area (Å²) in [5.41, 5.74) is 6.41. The lowest BCUT2D eigenvalue weighted by Crippen LogP contribution is -2.54. The van der Waals surface area contributed by atoms with Gasteiger partial charge >= 0.3 is 11.9 Å². The van der Waals surface area contributed by atoms with Crippen LogP contribution in [0, 0.1) is 0 Å². The number of hydrogen-bond acceptors (Lipinski definition) is 5. The van der Waals surface area contributed by atoms with Gasteiger partial charge in [-0.25, -0.2) is 0 Å². The van der Waals surface area contributed by atoms with Gasteiger partial charge in [0.2, 0.25) is 11.8 Å². The zero-order valence-corrected chi connectivity index (χ0v) is 14.3. The molecule has 3 atom stereocenters. The first-order valence-electron chi connectivity index (χ1n) is 8.05. The zero-order valence-electron chi connectivity index (χ0n) is 14.3. The molecule has 6 N–H and O–H groups in total. The van der Waals surface area contributed by atoms with Crippen LogP contribution in [0.1, 0.15) is 25.3 Å². The second-order valence-corrected chi connectivity index (χ2v) is 5.86. The van der Waals surface area contributed by atoms with Gasteiger partial charge in [0.25, 0.3) is 0 Å². The van der Waals surface area contributed by atoms with E-state index < -0.39 is 41.9 Å². The molecule has 0 saturated carbocycles. The highest BCUT2D eigenvalue weighted by molar-refractivity contribution is 5.92. The van der Waals surface area contributed by atoms with Crippen LogP contribution in [-0.2, 0) is 25.6 Å². The van der Waals surface area contributed by atoms with Gasteiger partial charge in [0.05, 0.1) is 6.04 Å². The molecule has 0 bridgehead atoms. The Morgan fingerprint density at radius 1 is 1.04 bits per heavy atom. The first kappa shape index (κ1) is 21.1. The molecule has 0 radical (unpaired) electrons. The number of amides is 2. The van der Waals surface area contributed by atoms with Crippen LogP contribution in [0.5, 0.6) is 0 Å². The number of carboxylic acids is 2. The third kappa shape index (κ3) is 7.31. The second kappa shape index (κ2) is 10.1. The average Bonchev–Trinajstić information content (AvgIpc) is 2.59. The molecule has 9 heteroatoms. The van der Waals surface area contributed by atoms with Crippen molar-refractivity contribution in [3.05, 3.63) is 35.9 Å². The molecule has 1 aromatic rings. The summed E-state index contributed by atoms with van der Waals surface area (Å²) in [6.07, 6.45) is -0.219. The lowest BCUT2D eigenvalue weighted by atomic mass is 10.0. The fourth-order valence-corrected chi connectivity index (χ4v) is 2.12. The highest BCUT2D eigenvalue weighted by atomic mass is 16.4. The molecule has 0 unspecified atom stereocenters. The van der Waals surface area contributed by atoms with E-state index in [0.717, 1.165) is 5.56 Å². The van der Waals surface area contributed by atoms with Crippen molar-refractivity contribution in [1.29, 1.82) is 0 Å². The van der Waals surface area contributed by atoms with Crippen molar-refractivity contribution in [1.82, 2.24) is 10.6 Å².